The Kier molecular flexibility index (Phi) is 4.03. The van der Waals surface area contributed by atoms with Gasteiger partial charge in [-0.15, -0.1) is 0 Å². The van der Waals surface area contributed by atoms with Crippen LogP contribution in [0.2, 0.25) is 0 Å². The van der Waals surface area contributed by atoms with Crippen LogP contribution >= 0.6 is 0 Å². The highest BCUT2D eigenvalue weighted by Crippen LogP contribution is 2.31. The fourth-order valence-electron chi connectivity index (χ4n) is 2.23. The molecule has 1 aromatic carbocycles. The number of hydrogen-bond acceptors (Lipinski definition) is 5. The Morgan fingerprint density at radius 3 is 2.81 bits per heavy atom. The Morgan fingerprint density at radius 1 is 1.52 bits per heavy atom. The molecule has 1 amide bonds. The minimum Gasteiger partial charge on any atom is -0.397 e. The largest absolute Gasteiger partial charge is 0.397 e. The highest BCUT2D eigenvalue weighted by Gasteiger charge is 2.31. The first-order valence-electron chi connectivity index (χ1n) is 6.01. The number of nitrogens with two attached hydrogens (primary N) is 1. The van der Waals surface area contributed by atoms with Gasteiger partial charge in [0.2, 0.25) is 5.91 Å². The summed E-state index contributed by atoms with van der Waals surface area (Å²) < 4.78 is 31.0. The van der Waals surface area contributed by atoms with Crippen molar-refractivity contribution in [1.82, 2.24) is 0 Å². The van der Waals surface area contributed by atoms with Crippen molar-refractivity contribution < 1.29 is 17.8 Å². The van der Waals surface area contributed by atoms with Crippen molar-refractivity contribution in [3.8, 4) is 0 Å². The fraction of sp³-hybridized carbons (Fsp3) is 0.364. The molecule has 0 aromatic heterocycles. The van der Waals surface area contributed by atoms with Crippen LogP contribution in [0.1, 0.15) is 6.42 Å². The summed E-state index contributed by atoms with van der Waals surface area (Å²) in [5.74, 6) is -0.284. The Balaban J connectivity index is 2.27. The van der Waals surface area contributed by atoms with Crippen molar-refractivity contribution in [2.45, 2.75) is 11.3 Å². The predicted molar refractivity (Wildman–Crippen MR) is 75.1 cm³/mol. The molecule has 21 heavy (non-hydrogen) atoms. The lowest BCUT2D eigenvalue weighted by Gasteiger charge is -2.19. The minimum absolute atomic E-state index is 0.0721. The zero-order valence-corrected chi connectivity index (χ0v) is 11.7. The highest BCUT2D eigenvalue weighted by atomic mass is 32.2. The molecule has 1 heterocycles. The Morgan fingerprint density at radius 2 is 2.24 bits per heavy atom. The molecule has 0 aliphatic carbocycles. The third-order valence-corrected chi connectivity index (χ3v) is 4.05. The summed E-state index contributed by atoms with van der Waals surface area (Å²) in [6.45, 7) is 0.551. The number of carbonyl (C=O) groups is 1. The van der Waals surface area contributed by atoms with Crippen molar-refractivity contribution in [3.63, 3.8) is 0 Å². The molecule has 1 aliphatic heterocycles. The van der Waals surface area contributed by atoms with Gasteiger partial charge in [0.25, 0.3) is 10.1 Å². The molecule has 112 valence electrons. The van der Waals surface area contributed by atoms with Crippen LogP contribution in [0, 0.1) is 5.92 Å². The molecule has 1 saturated heterocycles. The lowest BCUT2D eigenvalue weighted by atomic mass is 10.1. The number of hydrogen-bond donors (Lipinski definition) is 2. The van der Waals surface area contributed by atoms with E-state index >= 15 is 0 Å². The Hall–Kier alpha value is -2.29. The van der Waals surface area contributed by atoms with Crippen LogP contribution in [0.25, 0.3) is 10.4 Å². The molecule has 0 spiro atoms. The van der Waals surface area contributed by atoms with Gasteiger partial charge in [-0.25, -0.2) is 0 Å². The molecule has 3 N–H and O–H groups in total. The summed E-state index contributed by atoms with van der Waals surface area (Å²) in [5.41, 5.74) is 14.5. The SMILES string of the molecule is [N-]=[N+]=NCC1CC(=O)N(c2ccc(S(=O)(=O)O)cc2N)C1. The van der Waals surface area contributed by atoms with Gasteiger partial charge in [-0.1, -0.05) is 5.11 Å². The quantitative estimate of drug-likeness (QED) is 0.281. The topological polar surface area (TPSA) is 149 Å². The monoisotopic (exact) mass is 311 g/mol. The first-order valence-corrected chi connectivity index (χ1v) is 7.45. The number of nitrogens with zero attached hydrogens (tertiary/aromatic N) is 4. The van der Waals surface area contributed by atoms with Gasteiger partial charge in [-0.05, 0) is 29.6 Å². The van der Waals surface area contributed by atoms with Gasteiger partial charge in [0.05, 0.1) is 16.3 Å². The van der Waals surface area contributed by atoms with Gasteiger partial charge >= 0.3 is 0 Å². The van der Waals surface area contributed by atoms with E-state index in [0.29, 0.717) is 12.2 Å². The number of nitrogen functional groups attached to an aromatic ring is 1. The number of rotatable bonds is 4. The molecule has 0 bridgehead atoms. The molecule has 1 atom stereocenters. The first kappa shape index (κ1) is 15.1. The first-order chi connectivity index (χ1) is 9.82. The number of azide groups is 1. The van der Waals surface area contributed by atoms with Crippen LogP contribution in [-0.2, 0) is 14.9 Å². The number of benzene rings is 1. The van der Waals surface area contributed by atoms with Crippen LogP contribution in [0.15, 0.2) is 28.2 Å². The van der Waals surface area contributed by atoms with Gasteiger partial charge in [0.1, 0.15) is 0 Å². The van der Waals surface area contributed by atoms with Crippen molar-refractivity contribution in [2.24, 2.45) is 11.0 Å². The number of anilines is 2. The summed E-state index contributed by atoms with van der Waals surface area (Å²) in [7, 11) is -4.34. The summed E-state index contributed by atoms with van der Waals surface area (Å²) in [5, 5.41) is 3.44. The van der Waals surface area contributed by atoms with Crippen molar-refractivity contribution >= 4 is 27.4 Å². The van der Waals surface area contributed by atoms with Crippen molar-refractivity contribution in [1.29, 1.82) is 0 Å². The lowest BCUT2D eigenvalue weighted by molar-refractivity contribution is -0.117. The summed E-state index contributed by atoms with van der Waals surface area (Å²) in [4.78, 5) is 15.7. The van der Waals surface area contributed by atoms with E-state index in [1.54, 1.807) is 0 Å². The summed E-state index contributed by atoms with van der Waals surface area (Å²) in [6.07, 6.45) is 0.235. The van der Waals surface area contributed by atoms with Crippen molar-refractivity contribution in [2.75, 3.05) is 23.7 Å². The van der Waals surface area contributed by atoms with E-state index in [2.05, 4.69) is 10.0 Å². The van der Waals surface area contributed by atoms with E-state index in [1.165, 1.54) is 17.0 Å². The second-order valence-electron chi connectivity index (χ2n) is 4.68. The van der Waals surface area contributed by atoms with E-state index in [1.807, 2.05) is 0 Å². The molecular formula is C11H13N5O4S. The lowest BCUT2D eigenvalue weighted by Crippen LogP contribution is -2.25. The van der Waals surface area contributed by atoms with Crippen molar-refractivity contribution in [3.05, 3.63) is 28.6 Å². The summed E-state index contributed by atoms with van der Waals surface area (Å²) in [6, 6.07) is 3.64. The zero-order chi connectivity index (χ0) is 15.6. The fourth-order valence-corrected chi connectivity index (χ4v) is 2.74. The molecule has 2 rings (SSSR count). The van der Waals surface area contributed by atoms with E-state index < -0.39 is 10.1 Å². The normalized spacial score (nSPS) is 18.6. The standard InChI is InChI=1S/C11H13N5O4S/c12-9-4-8(21(18,19)20)1-2-10(9)16-6-7(3-11(16)17)5-14-15-13/h1-2,4,7H,3,5-6,12H2,(H,18,19,20). The predicted octanol–water partition coefficient (Wildman–Crippen LogP) is 1.18. The Bertz CT molecular complexity index is 726. The third-order valence-electron chi connectivity index (χ3n) is 3.20. The highest BCUT2D eigenvalue weighted by molar-refractivity contribution is 7.85. The molecule has 1 aliphatic rings. The molecular weight excluding hydrogens is 298 g/mol. The second-order valence-corrected chi connectivity index (χ2v) is 6.11. The van der Waals surface area contributed by atoms with Gasteiger partial charge in [0.15, 0.2) is 0 Å². The van der Waals surface area contributed by atoms with Gasteiger partial charge < -0.3 is 10.6 Å². The van der Waals surface area contributed by atoms with Gasteiger partial charge in [-0.3, -0.25) is 9.35 Å². The average molecular weight is 311 g/mol. The van der Waals surface area contributed by atoms with Crippen LogP contribution in [-0.4, -0.2) is 32.0 Å². The minimum atomic E-state index is -4.34. The van der Waals surface area contributed by atoms with Crippen LogP contribution in [0.5, 0.6) is 0 Å². The maximum atomic E-state index is 12.0. The number of amides is 1. The van der Waals surface area contributed by atoms with E-state index in [-0.39, 0.29) is 35.4 Å². The molecule has 9 nitrogen and oxygen atoms in total. The Labute approximate surface area is 120 Å². The summed E-state index contributed by atoms with van der Waals surface area (Å²) >= 11 is 0. The zero-order valence-electron chi connectivity index (χ0n) is 10.9. The van der Waals surface area contributed by atoms with Gasteiger partial charge in [-0.2, -0.15) is 8.42 Å². The third kappa shape index (κ3) is 3.24. The molecule has 1 unspecified atom stereocenters. The maximum absolute atomic E-state index is 12.0. The van der Waals surface area contributed by atoms with E-state index in [9.17, 15) is 13.2 Å². The molecule has 1 fully saturated rings. The van der Waals surface area contributed by atoms with E-state index in [0.717, 1.165) is 6.07 Å². The molecule has 0 saturated carbocycles. The van der Waals surface area contributed by atoms with Crippen LogP contribution in [0.4, 0.5) is 11.4 Å². The second kappa shape index (κ2) is 5.60. The molecule has 1 aromatic rings. The molecule has 0 radical (unpaired) electrons. The van der Waals surface area contributed by atoms with Crippen LogP contribution < -0.4 is 10.6 Å². The van der Waals surface area contributed by atoms with Crippen LogP contribution in [0.3, 0.4) is 0 Å². The number of carbonyl (C=O) groups excluding carboxylic acids is 1. The smallest absolute Gasteiger partial charge is 0.294 e. The molecule has 10 heteroatoms. The maximum Gasteiger partial charge on any atom is 0.294 e. The van der Waals surface area contributed by atoms with Gasteiger partial charge in [0, 0.05) is 24.4 Å². The average Bonchev–Trinajstić information content (AvgIpc) is 2.76. The van der Waals surface area contributed by atoms with E-state index in [4.69, 9.17) is 15.8 Å².